The molecule has 1 aromatic carbocycles. The van der Waals surface area contributed by atoms with Gasteiger partial charge in [0.05, 0.1) is 7.11 Å². The van der Waals surface area contributed by atoms with Gasteiger partial charge in [-0.15, -0.1) is 11.3 Å². The molecular formula is C20H21IN4O5S. The number of aromatic hydroxyl groups is 1. The SMILES string of the molecule is COC(=O)c1csc(NC(=O)[C@H](CC(C)C)n2c(O)c(-c3cccc(I)c3)[nH]c2=O)n1. The zero-order valence-corrected chi connectivity index (χ0v) is 20.0. The van der Waals surface area contributed by atoms with Crippen molar-refractivity contribution in [3.05, 3.63) is 49.4 Å². The Bertz CT molecular complexity index is 1170. The highest BCUT2D eigenvalue weighted by Crippen LogP contribution is 2.31. The molecule has 1 amide bonds. The molecule has 3 N–H and O–H groups in total. The summed E-state index contributed by atoms with van der Waals surface area (Å²) in [6.07, 6.45) is 0.304. The molecule has 0 saturated carbocycles. The normalized spacial score (nSPS) is 12.0. The van der Waals surface area contributed by atoms with Crippen molar-refractivity contribution in [2.75, 3.05) is 12.4 Å². The van der Waals surface area contributed by atoms with Crippen LogP contribution < -0.4 is 11.0 Å². The number of nitrogens with one attached hydrogen (secondary N) is 2. The molecule has 0 fully saturated rings. The number of aromatic nitrogens is 3. The number of amides is 1. The smallest absolute Gasteiger partial charge is 0.357 e. The van der Waals surface area contributed by atoms with E-state index in [4.69, 9.17) is 0 Å². The second-order valence-electron chi connectivity index (χ2n) is 7.17. The van der Waals surface area contributed by atoms with E-state index in [1.54, 1.807) is 6.07 Å². The van der Waals surface area contributed by atoms with Crippen molar-refractivity contribution < 1.29 is 19.4 Å². The molecule has 3 rings (SSSR count). The van der Waals surface area contributed by atoms with Crippen LogP contribution in [0.25, 0.3) is 11.3 Å². The van der Waals surface area contributed by atoms with Crippen LogP contribution >= 0.6 is 33.9 Å². The molecule has 0 unspecified atom stereocenters. The maximum absolute atomic E-state index is 13.1. The van der Waals surface area contributed by atoms with Crippen molar-refractivity contribution in [2.24, 2.45) is 5.92 Å². The summed E-state index contributed by atoms with van der Waals surface area (Å²) in [5.74, 6) is -1.40. The van der Waals surface area contributed by atoms with Crippen LogP contribution in [-0.2, 0) is 9.53 Å². The molecule has 2 heterocycles. The molecule has 3 aromatic rings. The van der Waals surface area contributed by atoms with Gasteiger partial charge in [-0.2, -0.15) is 0 Å². The van der Waals surface area contributed by atoms with Gasteiger partial charge in [0.2, 0.25) is 11.8 Å². The summed E-state index contributed by atoms with van der Waals surface area (Å²) >= 11 is 3.20. The lowest BCUT2D eigenvalue weighted by atomic mass is 10.0. The summed E-state index contributed by atoms with van der Waals surface area (Å²) in [7, 11) is 1.24. The summed E-state index contributed by atoms with van der Waals surface area (Å²) in [6, 6.07) is 6.30. The number of imidazole rings is 1. The van der Waals surface area contributed by atoms with Crippen molar-refractivity contribution >= 4 is 50.9 Å². The monoisotopic (exact) mass is 556 g/mol. The number of H-pyrrole nitrogens is 1. The van der Waals surface area contributed by atoms with Crippen LogP contribution in [0.1, 0.15) is 36.8 Å². The number of carbonyl (C=O) groups excluding carboxylic acids is 2. The molecule has 0 saturated heterocycles. The molecule has 164 valence electrons. The van der Waals surface area contributed by atoms with Crippen LogP contribution in [-0.4, -0.2) is 38.6 Å². The number of ether oxygens (including phenoxy) is 1. The van der Waals surface area contributed by atoms with Gasteiger partial charge in [-0.1, -0.05) is 26.0 Å². The second kappa shape index (κ2) is 9.64. The van der Waals surface area contributed by atoms with Crippen LogP contribution in [0.15, 0.2) is 34.4 Å². The molecule has 0 aliphatic rings. The van der Waals surface area contributed by atoms with Crippen molar-refractivity contribution in [1.29, 1.82) is 0 Å². The number of anilines is 1. The topological polar surface area (TPSA) is 126 Å². The molecule has 9 nitrogen and oxygen atoms in total. The number of benzene rings is 1. The Morgan fingerprint density at radius 1 is 1.39 bits per heavy atom. The summed E-state index contributed by atoms with van der Waals surface area (Å²) in [4.78, 5) is 44.1. The number of hydrogen-bond donors (Lipinski definition) is 3. The fraction of sp³-hybridized carbons (Fsp3) is 0.300. The predicted octanol–water partition coefficient (Wildman–Crippen LogP) is 3.62. The number of hydrogen-bond acceptors (Lipinski definition) is 7. The molecule has 2 aromatic heterocycles. The number of aromatic amines is 1. The van der Waals surface area contributed by atoms with Gasteiger partial charge in [0.1, 0.15) is 11.7 Å². The maximum atomic E-state index is 13.1. The molecule has 0 aliphatic heterocycles. The van der Waals surface area contributed by atoms with E-state index in [2.05, 4.69) is 42.6 Å². The van der Waals surface area contributed by atoms with Crippen molar-refractivity contribution in [2.45, 2.75) is 26.3 Å². The second-order valence-corrected chi connectivity index (χ2v) is 9.28. The Balaban J connectivity index is 1.96. The van der Waals surface area contributed by atoms with Gasteiger partial charge < -0.3 is 20.1 Å². The van der Waals surface area contributed by atoms with E-state index in [1.807, 2.05) is 32.0 Å². The number of carbonyl (C=O) groups is 2. The molecule has 0 radical (unpaired) electrons. The first-order valence-corrected chi connectivity index (χ1v) is 11.3. The largest absolute Gasteiger partial charge is 0.493 e. The number of rotatable bonds is 7. The Kier molecular flexibility index (Phi) is 7.15. The predicted molar refractivity (Wildman–Crippen MR) is 125 cm³/mol. The van der Waals surface area contributed by atoms with Gasteiger partial charge in [-0.25, -0.2) is 14.6 Å². The Labute approximate surface area is 195 Å². The van der Waals surface area contributed by atoms with Crippen molar-refractivity contribution in [1.82, 2.24) is 14.5 Å². The molecule has 1 atom stereocenters. The minimum atomic E-state index is -0.981. The van der Waals surface area contributed by atoms with E-state index >= 15 is 0 Å². The summed E-state index contributed by atoms with van der Waals surface area (Å²) in [5.41, 5.74) is 0.353. The van der Waals surface area contributed by atoms with Gasteiger partial charge in [-0.05, 0) is 47.1 Å². The molecular weight excluding hydrogens is 535 g/mol. The standard InChI is InChI=1S/C20H21IN4O5S/c1-10(2)7-14(16(26)24-19-22-13(9-31-19)18(28)30-3)25-17(27)15(23-20(25)29)11-5-4-6-12(21)8-11/h4-6,8-10,14,27H,7H2,1-3H3,(H,23,29)(H,22,24,26)/t14-/m0/s1. The number of esters is 1. The molecule has 0 aliphatic carbocycles. The van der Waals surface area contributed by atoms with Gasteiger partial charge in [0.25, 0.3) is 0 Å². The molecule has 31 heavy (non-hydrogen) atoms. The van der Waals surface area contributed by atoms with E-state index in [1.165, 1.54) is 12.5 Å². The van der Waals surface area contributed by atoms with Crippen LogP contribution in [0.2, 0.25) is 0 Å². The number of methoxy groups -OCH3 is 1. The fourth-order valence-electron chi connectivity index (χ4n) is 3.07. The summed E-state index contributed by atoms with van der Waals surface area (Å²) in [5, 5.41) is 15.1. The summed E-state index contributed by atoms with van der Waals surface area (Å²) < 4.78 is 6.61. The zero-order valence-electron chi connectivity index (χ0n) is 17.0. The first-order valence-electron chi connectivity index (χ1n) is 9.35. The minimum Gasteiger partial charge on any atom is -0.493 e. The number of thiazole rings is 1. The van der Waals surface area contributed by atoms with E-state index in [0.717, 1.165) is 19.5 Å². The van der Waals surface area contributed by atoms with Crippen LogP contribution in [0.5, 0.6) is 5.88 Å². The van der Waals surface area contributed by atoms with Crippen molar-refractivity contribution in [3.8, 4) is 17.1 Å². The quantitative estimate of drug-likeness (QED) is 0.302. The fourth-order valence-corrected chi connectivity index (χ4v) is 4.29. The average molecular weight is 556 g/mol. The van der Waals surface area contributed by atoms with Crippen LogP contribution in [0.4, 0.5) is 5.13 Å². The first-order chi connectivity index (χ1) is 14.7. The molecule has 0 bridgehead atoms. The molecule has 11 heteroatoms. The zero-order chi connectivity index (χ0) is 22.7. The molecule has 0 spiro atoms. The Hall–Kier alpha value is -2.67. The van der Waals surface area contributed by atoms with E-state index in [9.17, 15) is 19.5 Å². The van der Waals surface area contributed by atoms with Gasteiger partial charge >= 0.3 is 11.7 Å². The minimum absolute atomic E-state index is 0.0556. The van der Waals surface area contributed by atoms with E-state index < -0.39 is 23.6 Å². The van der Waals surface area contributed by atoms with Gasteiger partial charge in [0, 0.05) is 14.5 Å². The van der Waals surface area contributed by atoms with Crippen LogP contribution in [0.3, 0.4) is 0 Å². The van der Waals surface area contributed by atoms with Crippen molar-refractivity contribution in [3.63, 3.8) is 0 Å². The summed E-state index contributed by atoms with van der Waals surface area (Å²) in [6.45, 7) is 3.82. The Morgan fingerprint density at radius 3 is 2.77 bits per heavy atom. The maximum Gasteiger partial charge on any atom is 0.357 e. The number of halogens is 1. The highest BCUT2D eigenvalue weighted by molar-refractivity contribution is 14.1. The Morgan fingerprint density at radius 2 is 2.13 bits per heavy atom. The third-order valence-corrected chi connectivity index (χ3v) is 5.88. The van der Waals surface area contributed by atoms with E-state index in [0.29, 0.717) is 12.0 Å². The lowest BCUT2D eigenvalue weighted by Crippen LogP contribution is -2.33. The third kappa shape index (κ3) is 5.15. The lowest BCUT2D eigenvalue weighted by molar-refractivity contribution is -0.119. The first kappa shape index (κ1) is 23.0. The highest BCUT2D eigenvalue weighted by atomic mass is 127. The third-order valence-electron chi connectivity index (χ3n) is 4.45. The van der Waals surface area contributed by atoms with Gasteiger partial charge in [0.15, 0.2) is 10.8 Å². The van der Waals surface area contributed by atoms with Gasteiger partial charge in [-0.3, -0.25) is 9.36 Å². The lowest BCUT2D eigenvalue weighted by Gasteiger charge is -2.19. The average Bonchev–Trinajstić information content (AvgIpc) is 3.29. The van der Waals surface area contributed by atoms with Crippen LogP contribution in [0, 0.1) is 9.49 Å². The number of nitrogens with zero attached hydrogens (tertiary/aromatic N) is 2. The highest BCUT2D eigenvalue weighted by Gasteiger charge is 2.29. The van der Waals surface area contributed by atoms with E-state index in [-0.39, 0.29) is 28.3 Å².